The molecule has 0 saturated heterocycles. The number of aryl methyl sites for hydroxylation is 1. The highest BCUT2D eigenvalue weighted by Crippen LogP contribution is 2.36. The third-order valence-electron chi connectivity index (χ3n) is 4.57. The second-order valence-electron chi connectivity index (χ2n) is 7.11. The van der Waals surface area contributed by atoms with Crippen molar-refractivity contribution in [2.45, 2.75) is 20.8 Å². The number of nitrogens with zero attached hydrogens (tertiary/aromatic N) is 1. The molecule has 32 heavy (non-hydrogen) atoms. The Morgan fingerprint density at radius 2 is 1.81 bits per heavy atom. The number of amides is 1. The highest BCUT2D eigenvalue weighted by molar-refractivity contribution is 6.32. The van der Waals surface area contributed by atoms with Gasteiger partial charge in [0, 0.05) is 16.9 Å². The predicted octanol–water partition coefficient (Wildman–Crippen LogP) is 6.78. The first-order chi connectivity index (χ1) is 15.4. The Bertz CT molecular complexity index is 1150. The molecule has 0 fully saturated rings. The number of aliphatic imine (C=N–C) groups is 1. The zero-order valence-electron chi connectivity index (χ0n) is 18.1. The summed E-state index contributed by atoms with van der Waals surface area (Å²) < 4.78 is 11.4. The van der Waals surface area contributed by atoms with Gasteiger partial charge >= 0.3 is 0 Å². The number of hydrogen-bond acceptors (Lipinski definition) is 4. The molecule has 3 aromatic carbocycles. The molecule has 0 aromatic heterocycles. The van der Waals surface area contributed by atoms with Crippen LogP contribution in [-0.2, 0) is 4.79 Å². The van der Waals surface area contributed by atoms with E-state index in [1.807, 2.05) is 63.2 Å². The largest absolute Gasteiger partial charge is 0.490 e. The lowest BCUT2D eigenvalue weighted by Crippen LogP contribution is -2.20. The molecule has 166 valence electrons. The summed E-state index contributed by atoms with van der Waals surface area (Å²) in [6.45, 7) is 5.93. The minimum absolute atomic E-state index is 0.205. The van der Waals surface area contributed by atoms with Crippen molar-refractivity contribution in [3.8, 4) is 11.5 Å². The van der Waals surface area contributed by atoms with E-state index in [0.29, 0.717) is 33.8 Å². The highest BCUT2D eigenvalue weighted by atomic mass is 35.5. The van der Waals surface area contributed by atoms with Gasteiger partial charge in [0.2, 0.25) is 0 Å². The second-order valence-corrected chi connectivity index (χ2v) is 7.93. The van der Waals surface area contributed by atoms with Gasteiger partial charge in [-0.25, -0.2) is 0 Å². The molecule has 0 aliphatic heterocycles. The number of rotatable bonds is 8. The Morgan fingerprint density at radius 1 is 1.03 bits per heavy atom. The summed E-state index contributed by atoms with van der Waals surface area (Å²) in [4.78, 5) is 16.8. The van der Waals surface area contributed by atoms with Crippen LogP contribution < -0.4 is 14.8 Å². The fraction of sp³-hybridized carbons (Fsp3) is 0.200. The third-order valence-corrected chi connectivity index (χ3v) is 5.26. The molecule has 0 radical (unpaired) electrons. The van der Waals surface area contributed by atoms with Gasteiger partial charge in [0.05, 0.1) is 17.3 Å². The van der Waals surface area contributed by atoms with Crippen LogP contribution in [0.2, 0.25) is 10.0 Å². The molecule has 0 heterocycles. The van der Waals surface area contributed by atoms with Crippen LogP contribution in [-0.4, -0.2) is 25.3 Å². The van der Waals surface area contributed by atoms with Crippen molar-refractivity contribution in [1.29, 1.82) is 0 Å². The fourth-order valence-electron chi connectivity index (χ4n) is 3.00. The number of hydrogen-bond donors (Lipinski definition) is 1. The van der Waals surface area contributed by atoms with Gasteiger partial charge in [-0.1, -0.05) is 41.4 Å². The quantitative estimate of drug-likeness (QED) is 0.369. The summed E-state index contributed by atoms with van der Waals surface area (Å²) in [5.41, 5.74) is 4.14. The molecule has 0 spiro atoms. The number of anilines is 1. The number of carbonyl (C=O) groups excluding carboxylic acids is 1. The van der Waals surface area contributed by atoms with E-state index in [9.17, 15) is 4.79 Å². The first-order valence-electron chi connectivity index (χ1n) is 10.1. The van der Waals surface area contributed by atoms with Gasteiger partial charge in [-0.3, -0.25) is 9.79 Å². The smallest absolute Gasteiger partial charge is 0.262 e. The zero-order chi connectivity index (χ0) is 23.1. The summed E-state index contributed by atoms with van der Waals surface area (Å²) in [6.07, 6.45) is 1.68. The van der Waals surface area contributed by atoms with Crippen LogP contribution >= 0.6 is 23.2 Å². The Kier molecular flexibility index (Phi) is 8.14. The maximum absolute atomic E-state index is 12.3. The predicted molar refractivity (Wildman–Crippen MR) is 131 cm³/mol. The summed E-state index contributed by atoms with van der Waals surface area (Å²) >= 11 is 12.6. The molecular weight excluding hydrogens is 447 g/mol. The number of halogens is 2. The lowest BCUT2D eigenvalue weighted by atomic mass is 10.2. The van der Waals surface area contributed by atoms with Crippen LogP contribution in [0.4, 0.5) is 11.4 Å². The number of carbonyl (C=O) groups is 1. The van der Waals surface area contributed by atoms with Gasteiger partial charge in [-0.2, -0.15) is 0 Å². The van der Waals surface area contributed by atoms with Crippen LogP contribution in [0.15, 0.2) is 59.6 Å². The first kappa shape index (κ1) is 23.6. The van der Waals surface area contributed by atoms with Crippen LogP contribution in [0, 0.1) is 13.8 Å². The van der Waals surface area contributed by atoms with E-state index in [-0.39, 0.29) is 12.5 Å². The molecule has 0 aliphatic carbocycles. The molecule has 5 nitrogen and oxygen atoms in total. The molecule has 0 aliphatic rings. The molecule has 3 rings (SSSR count). The maximum Gasteiger partial charge on any atom is 0.262 e. The second kappa shape index (κ2) is 11.0. The fourth-order valence-corrected chi connectivity index (χ4v) is 3.45. The summed E-state index contributed by atoms with van der Waals surface area (Å²) in [6, 6.07) is 16.6. The monoisotopic (exact) mass is 470 g/mol. The zero-order valence-corrected chi connectivity index (χ0v) is 19.6. The molecule has 0 atom stereocenters. The Balaban J connectivity index is 1.75. The highest BCUT2D eigenvalue weighted by Gasteiger charge is 2.14. The average Bonchev–Trinajstić information content (AvgIpc) is 2.74. The summed E-state index contributed by atoms with van der Waals surface area (Å²) in [7, 11) is 0. The number of nitrogens with one attached hydrogen (secondary N) is 1. The van der Waals surface area contributed by atoms with Crippen molar-refractivity contribution in [1.82, 2.24) is 0 Å². The van der Waals surface area contributed by atoms with E-state index in [0.717, 1.165) is 22.4 Å². The topological polar surface area (TPSA) is 59.9 Å². The van der Waals surface area contributed by atoms with Crippen molar-refractivity contribution in [2.75, 3.05) is 18.5 Å². The first-order valence-corrected chi connectivity index (χ1v) is 10.9. The van der Waals surface area contributed by atoms with Gasteiger partial charge in [0.15, 0.2) is 18.1 Å². The third kappa shape index (κ3) is 6.25. The van der Waals surface area contributed by atoms with Gasteiger partial charge in [0.25, 0.3) is 5.91 Å². The van der Waals surface area contributed by atoms with E-state index in [4.69, 9.17) is 32.7 Å². The van der Waals surface area contributed by atoms with Crippen LogP contribution in [0.3, 0.4) is 0 Å². The number of benzene rings is 3. The molecule has 3 aromatic rings. The van der Waals surface area contributed by atoms with E-state index in [1.54, 1.807) is 18.3 Å². The van der Waals surface area contributed by atoms with Crippen molar-refractivity contribution in [3.05, 3.63) is 81.3 Å². The standard InChI is InChI=1S/C25H24Cl2N2O3/c1-4-31-23-13-18(14-28-22-10-6-9-20(26)17(22)3)12-21(27)25(23)32-15-24(30)29-19-8-5-7-16(2)11-19/h5-14H,4,15H2,1-3H3,(H,29,30). The molecular formula is C25H24Cl2N2O3. The maximum atomic E-state index is 12.3. The lowest BCUT2D eigenvalue weighted by molar-refractivity contribution is -0.118. The average molecular weight is 471 g/mol. The molecule has 1 N–H and O–H groups in total. The molecule has 0 bridgehead atoms. The van der Waals surface area contributed by atoms with E-state index >= 15 is 0 Å². The molecule has 0 saturated carbocycles. The SMILES string of the molecule is CCOc1cc(C=Nc2cccc(Cl)c2C)cc(Cl)c1OCC(=O)Nc1cccc(C)c1. The Morgan fingerprint density at radius 3 is 2.56 bits per heavy atom. The minimum Gasteiger partial charge on any atom is -0.490 e. The van der Waals surface area contributed by atoms with E-state index < -0.39 is 0 Å². The lowest BCUT2D eigenvalue weighted by Gasteiger charge is -2.14. The van der Waals surface area contributed by atoms with Crippen LogP contribution in [0.1, 0.15) is 23.6 Å². The Hall–Kier alpha value is -3.02. The number of ether oxygens (including phenoxy) is 2. The van der Waals surface area contributed by atoms with Gasteiger partial charge < -0.3 is 14.8 Å². The molecule has 1 amide bonds. The summed E-state index contributed by atoms with van der Waals surface area (Å²) in [5, 5.41) is 3.78. The molecule has 0 unspecified atom stereocenters. The Labute approximate surface area is 198 Å². The van der Waals surface area contributed by atoms with Gasteiger partial charge in [-0.15, -0.1) is 0 Å². The van der Waals surface area contributed by atoms with Gasteiger partial charge in [0.1, 0.15) is 0 Å². The van der Waals surface area contributed by atoms with Crippen molar-refractivity contribution in [3.63, 3.8) is 0 Å². The van der Waals surface area contributed by atoms with Gasteiger partial charge in [-0.05, 0) is 73.9 Å². The minimum atomic E-state index is -0.295. The van der Waals surface area contributed by atoms with E-state index in [2.05, 4.69) is 10.3 Å². The summed E-state index contributed by atoms with van der Waals surface area (Å²) in [5.74, 6) is 0.452. The van der Waals surface area contributed by atoms with Crippen molar-refractivity contribution < 1.29 is 14.3 Å². The van der Waals surface area contributed by atoms with E-state index in [1.165, 1.54) is 0 Å². The normalized spacial score (nSPS) is 10.9. The molecule has 7 heteroatoms. The van der Waals surface area contributed by atoms with Crippen LogP contribution in [0.25, 0.3) is 0 Å². The van der Waals surface area contributed by atoms with Crippen molar-refractivity contribution in [2.24, 2.45) is 4.99 Å². The van der Waals surface area contributed by atoms with Crippen molar-refractivity contribution >= 4 is 46.7 Å². The van der Waals surface area contributed by atoms with Crippen LogP contribution in [0.5, 0.6) is 11.5 Å².